The van der Waals surface area contributed by atoms with Gasteiger partial charge >= 0.3 is 0 Å². The minimum absolute atomic E-state index is 0.136. The van der Waals surface area contributed by atoms with Crippen molar-refractivity contribution in [3.8, 4) is 11.4 Å². The van der Waals surface area contributed by atoms with Crippen molar-refractivity contribution < 1.29 is 4.79 Å². The highest BCUT2D eigenvalue weighted by atomic mass is 16.2. The molecular weight excluding hydrogens is 400 g/mol. The van der Waals surface area contributed by atoms with Crippen LogP contribution in [0, 0.1) is 5.92 Å². The molecule has 1 amide bonds. The largest absolute Gasteiger partial charge is 0.338 e. The molecule has 1 saturated carbocycles. The average molecular weight is 427 g/mol. The van der Waals surface area contributed by atoms with Gasteiger partial charge in [-0.15, -0.1) is 10.2 Å². The van der Waals surface area contributed by atoms with E-state index in [1.807, 2.05) is 54.6 Å². The van der Waals surface area contributed by atoms with Crippen LogP contribution in [0.25, 0.3) is 27.9 Å². The van der Waals surface area contributed by atoms with E-state index < -0.39 is 0 Å². The van der Waals surface area contributed by atoms with Crippen LogP contribution in [0.1, 0.15) is 26.2 Å². The van der Waals surface area contributed by atoms with Gasteiger partial charge < -0.3 is 9.80 Å². The van der Waals surface area contributed by atoms with Crippen LogP contribution in [0.3, 0.4) is 0 Å². The number of para-hydroxylation sites is 1. The Hall–Kier alpha value is -3.48. The van der Waals surface area contributed by atoms with E-state index in [0.717, 1.165) is 66.4 Å². The Bertz CT molecular complexity index is 1300. The van der Waals surface area contributed by atoms with E-state index in [9.17, 15) is 4.79 Å². The van der Waals surface area contributed by atoms with Crippen molar-refractivity contribution in [2.45, 2.75) is 32.2 Å². The van der Waals surface area contributed by atoms with E-state index in [1.165, 1.54) is 6.42 Å². The Labute approximate surface area is 186 Å². The molecule has 162 valence electrons. The maximum absolute atomic E-state index is 12.9. The first-order valence-electron chi connectivity index (χ1n) is 11.5. The number of carbonyl (C=O) groups is 1. The van der Waals surface area contributed by atoms with E-state index >= 15 is 0 Å². The zero-order valence-electron chi connectivity index (χ0n) is 18.2. The molecule has 1 aliphatic heterocycles. The Balaban J connectivity index is 1.44. The zero-order valence-corrected chi connectivity index (χ0v) is 18.2. The van der Waals surface area contributed by atoms with Crippen LogP contribution in [0.4, 0.5) is 5.95 Å². The van der Waals surface area contributed by atoms with Crippen LogP contribution in [0.15, 0.2) is 54.6 Å². The third kappa shape index (κ3) is 3.03. The van der Waals surface area contributed by atoms with Gasteiger partial charge in [0.05, 0.1) is 5.52 Å². The monoisotopic (exact) mass is 426 g/mol. The smallest absolute Gasteiger partial charge is 0.226 e. The topological polar surface area (TPSA) is 66.6 Å². The second-order valence-electron chi connectivity index (χ2n) is 8.93. The second kappa shape index (κ2) is 7.58. The molecule has 7 heteroatoms. The Morgan fingerprint density at radius 1 is 0.969 bits per heavy atom. The van der Waals surface area contributed by atoms with Gasteiger partial charge in [-0.1, -0.05) is 48.9 Å². The zero-order chi connectivity index (χ0) is 21.7. The third-order valence-electron chi connectivity index (χ3n) is 6.91. The fourth-order valence-corrected chi connectivity index (χ4v) is 4.91. The van der Waals surface area contributed by atoms with E-state index in [2.05, 4.69) is 31.3 Å². The van der Waals surface area contributed by atoms with Crippen molar-refractivity contribution in [3.05, 3.63) is 54.6 Å². The molecule has 2 aliphatic rings. The van der Waals surface area contributed by atoms with Gasteiger partial charge in [0.15, 0.2) is 11.5 Å². The fourth-order valence-electron chi connectivity index (χ4n) is 4.91. The molecule has 0 N–H and O–H groups in total. The van der Waals surface area contributed by atoms with Crippen LogP contribution in [-0.2, 0) is 4.79 Å². The predicted octanol–water partition coefficient (Wildman–Crippen LogP) is 3.78. The lowest BCUT2D eigenvalue weighted by atomic mass is 9.84. The van der Waals surface area contributed by atoms with Gasteiger partial charge in [-0.05, 0) is 31.9 Å². The molecule has 6 rings (SSSR count). The van der Waals surface area contributed by atoms with Crippen LogP contribution in [-0.4, -0.2) is 56.1 Å². The maximum atomic E-state index is 12.9. The van der Waals surface area contributed by atoms with E-state index in [4.69, 9.17) is 4.98 Å². The Morgan fingerprint density at radius 2 is 1.75 bits per heavy atom. The van der Waals surface area contributed by atoms with Gasteiger partial charge in [-0.25, -0.2) is 9.38 Å². The van der Waals surface area contributed by atoms with Gasteiger partial charge in [0.2, 0.25) is 11.9 Å². The molecule has 2 aromatic heterocycles. The summed E-state index contributed by atoms with van der Waals surface area (Å²) < 4.78 is 2.08. The van der Waals surface area contributed by atoms with Crippen molar-refractivity contribution in [2.75, 3.05) is 24.5 Å². The van der Waals surface area contributed by atoms with E-state index in [-0.39, 0.29) is 12.0 Å². The van der Waals surface area contributed by atoms with Crippen molar-refractivity contribution in [2.24, 2.45) is 5.92 Å². The first kappa shape index (κ1) is 19.2. The number of nitrogens with zero attached hydrogens (tertiary/aromatic N) is 6. The minimum Gasteiger partial charge on any atom is -0.338 e. The molecule has 32 heavy (non-hydrogen) atoms. The molecule has 7 nitrogen and oxygen atoms in total. The second-order valence-corrected chi connectivity index (χ2v) is 8.93. The number of fused-ring (bicyclic) bond motifs is 3. The van der Waals surface area contributed by atoms with Crippen molar-refractivity contribution in [1.82, 2.24) is 24.5 Å². The molecule has 4 aromatic rings. The highest BCUT2D eigenvalue weighted by Gasteiger charge is 2.35. The minimum atomic E-state index is 0.136. The normalized spacial score (nSPS) is 19.5. The highest BCUT2D eigenvalue weighted by molar-refractivity contribution is 5.93. The first-order chi connectivity index (χ1) is 15.7. The Kier molecular flexibility index (Phi) is 4.56. The van der Waals surface area contributed by atoms with Crippen molar-refractivity contribution in [1.29, 1.82) is 0 Å². The summed E-state index contributed by atoms with van der Waals surface area (Å²) in [7, 11) is 0. The van der Waals surface area contributed by atoms with E-state index in [0.29, 0.717) is 5.91 Å². The van der Waals surface area contributed by atoms with Gasteiger partial charge in [-0.3, -0.25) is 4.79 Å². The summed E-state index contributed by atoms with van der Waals surface area (Å²) >= 11 is 0. The molecule has 0 radical (unpaired) electrons. The summed E-state index contributed by atoms with van der Waals surface area (Å²) in [6.07, 6.45) is 3.26. The number of amides is 1. The summed E-state index contributed by atoms with van der Waals surface area (Å²) in [5.41, 5.74) is 2.72. The van der Waals surface area contributed by atoms with E-state index in [1.54, 1.807) is 0 Å². The molecular formula is C25H26N6O. The SMILES string of the molecule is CC1CN(c2nc3ccccc3c3nnc(-c4ccccc4)n23)CCN1C(=O)C1CCC1. The standard InChI is InChI=1S/C25H26N6O/c1-17-16-29(14-15-30(17)24(32)19-10-7-11-19)25-26-21-13-6-5-12-20(21)23-28-27-22(31(23)25)18-8-3-2-4-9-18/h2-6,8-9,12-13,17,19H,7,10-11,14-16H2,1H3. The number of rotatable bonds is 3. The van der Waals surface area contributed by atoms with Gasteiger partial charge in [0, 0.05) is 42.5 Å². The average Bonchev–Trinajstić information content (AvgIpc) is 3.23. The van der Waals surface area contributed by atoms with Gasteiger partial charge in [0.1, 0.15) is 0 Å². The molecule has 3 heterocycles. The van der Waals surface area contributed by atoms with Gasteiger partial charge in [-0.2, -0.15) is 0 Å². The molecule has 0 bridgehead atoms. The summed E-state index contributed by atoms with van der Waals surface area (Å²) in [4.78, 5) is 22.3. The molecule has 2 fully saturated rings. The Morgan fingerprint density at radius 3 is 2.50 bits per heavy atom. The van der Waals surface area contributed by atoms with Crippen molar-refractivity contribution >= 4 is 28.4 Å². The maximum Gasteiger partial charge on any atom is 0.226 e. The molecule has 0 spiro atoms. The molecule has 1 atom stereocenters. The number of piperazine rings is 1. The first-order valence-corrected chi connectivity index (χ1v) is 11.5. The summed E-state index contributed by atoms with van der Waals surface area (Å²) in [6.45, 7) is 4.35. The molecule has 1 aliphatic carbocycles. The molecule has 1 unspecified atom stereocenters. The fraction of sp³-hybridized carbons (Fsp3) is 0.360. The number of hydrogen-bond acceptors (Lipinski definition) is 5. The number of aromatic nitrogens is 4. The lowest BCUT2D eigenvalue weighted by Crippen LogP contribution is -2.56. The quantitative estimate of drug-likeness (QED) is 0.499. The lowest BCUT2D eigenvalue weighted by molar-refractivity contribution is -0.140. The van der Waals surface area contributed by atoms with Gasteiger partial charge in [0.25, 0.3) is 0 Å². The molecule has 2 aromatic carbocycles. The molecule has 1 saturated heterocycles. The van der Waals surface area contributed by atoms with Crippen LogP contribution in [0.5, 0.6) is 0 Å². The number of carbonyl (C=O) groups excluding carboxylic acids is 1. The summed E-state index contributed by atoms with van der Waals surface area (Å²) in [5, 5.41) is 10.1. The number of hydrogen-bond donors (Lipinski definition) is 0. The van der Waals surface area contributed by atoms with Crippen LogP contribution >= 0.6 is 0 Å². The summed E-state index contributed by atoms with van der Waals surface area (Å²) in [5.74, 6) is 2.19. The number of benzene rings is 2. The van der Waals surface area contributed by atoms with Crippen LogP contribution in [0.2, 0.25) is 0 Å². The lowest BCUT2D eigenvalue weighted by Gasteiger charge is -2.43. The number of anilines is 1. The van der Waals surface area contributed by atoms with Crippen molar-refractivity contribution in [3.63, 3.8) is 0 Å². The summed E-state index contributed by atoms with van der Waals surface area (Å²) in [6, 6.07) is 18.3. The predicted molar refractivity (Wildman–Crippen MR) is 124 cm³/mol. The highest BCUT2D eigenvalue weighted by Crippen LogP contribution is 2.32. The third-order valence-corrected chi connectivity index (χ3v) is 6.91. The van der Waals surface area contributed by atoms with Crippen LogP contribution < -0.4 is 4.90 Å².